The summed E-state index contributed by atoms with van der Waals surface area (Å²) in [6.07, 6.45) is 0. The Bertz CT molecular complexity index is 875. The molecule has 6 heteroatoms. The summed E-state index contributed by atoms with van der Waals surface area (Å²) in [6.45, 7) is 2.88. The third-order valence-corrected chi connectivity index (χ3v) is 4.91. The highest BCUT2D eigenvalue weighted by Gasteiger charge is 2.40. The summed E-state index contributed by atoms with van der Waals surface area (Å²) >= 11 is 0. The fourth-order valence-electron chi connectivity index (χ4n) is 3.57. The molecule has 2 aliphatic heterocycles. The quantitative estimate of drug-likeness (QED) is 0.760. The molecular weight excluding hydrogens is 346 g/mol. The van der Waals surface area contributed by atoms with Gasteiger partial charge in [-0.05, 0) is 54.4 Å². The Hall–Kier alpha value is -3.02. The van der Waals surface area contributed by atoms with E-state index in [9.17, 15) is 4.79 Å². The van der Waals surface area contributed by atoms with E-state index in [1.807, 2.05) is 49.4 Å². The molecule has 4 rings (SSSR count). The predicted molar refractivity (Wildman–Crippen MR) is 99.8 cm³/mol. The van der Waals surface area contributed by atoms with Crippen LogP contribution in [-0.2, 0) is 9.53 Å². The van der Waals surface area contributed by atoms with Gasteiger partial charge in [-0.25, -0.2) is 0 Å². The van der Waals surface area contributed by atoms with Crippen LogP contribution in [0.15, 0.2) is 47.5 Å². The summed E-state index contributed by atoms with van der Waals surface area (Å²) in [5.74, 6) is 1.37. The van der Waals surface area contributed by atoms with E-state index in [2.05, 4.69) is 0 Å². The predicted octanol–water partition coefficient (Wildman–Crippen LogP) is 3.19. The van der Waals surface area contributed by atoms with E-state index in [0.29, 0.717) is 18.9 Å². The smallest absolute Gasteiger partial charge is 0.315 e. The van der Waals surface area contributed by atoms with Gasteiger partial charge in [0.2, 0.25) is 6.79 Å². The molecule has 2 heterocycles. The molecule has 27 heavy (non-hydrogen) atoms. The van der Waals surface area contributed by atoms with Gasteiger partial charge in [-0.3, -0.25) is 9.79 Å². The summed E-state index contributed by atoms with van der Waals surface area (Å²) in [5.41, 5.74) is 2.64. The zero-order chi connectivity index (χ0) is 18.8. The van der Waals surface area contributed by atoms with Crippen LogP contribution >= 0.6 is 0 Å². The maximum Gasteiger partial charge on any atom is 0.315 e. The standard InChI is InChI=1S/C21H21NO5/c1-3-25-21(23)19-16(14-6-9-17-18(10-14)27-12-26-17)11-22-20(19)13-4-7-15(24-2)8-5-13/h4-10,16,19H,3,11-12H2,1-2H3. The third kappa shape index (κ3) is 3.23. The minimum atomic E-state index is -0.460. The van der Waals surface area contributed by atoms with Gasteiger partial charge in [0.05, 0.1) is 19.4 Å². The third-order valence-electron chi connectivity index (χ3n) is 4.91. The lowest BCUT2D eigenvalue weighted by Gasteiger charge is -2.20. The van der Waals surface area contributed by atoms with Crippen LogP contribution in [0.3, 0.4) is 0 Å². The van der Waals surface area contributed by atoms with Crippen molar-refractivity contribution in [2.75, 3.05) is 27.1 Å². The van der Waals surface area contributed by atoms with Crippen molar-refractivity contribution in [2.24, 2.45) is 10.9 Å². The average molecular weight is 367 g/mol. The lowest BCUT2D eigenvalue weighted by Crippen LogP contribution is -2.29. The number of methoxy groups -OCH3 is 1. The van der Waals surface area contributed by atoms with Crippen LogP contribution in [0.4, 0.5) is 0 Å². The Kier molecular flexibility index (Phi) is 4.71. The van der Waals surface area contributed by atoms with Crippen molar-refractivity contribution < 1.29 is 23.7 Å². The molecule has 0 amide bonds. The number of esters is 1. The Morgan fingerprint density at radius 1 is 1.15 bits per heavy atom. The molecule has 2 aliphatic rings. The van der Waals surface area contributed by atoms with Crippen molar-refractivity contribution in [3.8, 4) is 17.2 Å². The van der Waals surface area contributed by atoms with Crippen LogP contribution in [-0.4, -0.2) is 38.7 Å². The van der Waals surface area contributed by atoms with E-state index in [1.165, 1.54) is 0 Å². The molecule has 0 radical (unpaired) electrons. The van der Waals surface area contributed by atoms with Gasteiger partial charge >= 0.3 is 5.97 Å². The minimum absolute atomic E-state index is 0.101. The molecule has 2 aromatic carbocycles. The van der Waals surface area contributed by atoms with E-state index >= 15 is 0 Å². The summed E-state index contributed by atoms with van der Waals surface area (Å²) in [7, 11) is 1.62. The maximum atomic E-state index is 12.8. The van der Waals surface area contributed by atoms with Gasteiger partial charge in [0.25, 0.3) is 0 Å². The summed E-state index contributed by atoms with van der Waals surface area (Å²) in [6, 6.07) is 13.4. The summed E-state index contributed by atoms with van der Waals surface area (Å²) < 4.78 is 21.5. The Balaban J connectivity index is 1.67. The molecule has 0 aliphatic carbocycles. The minimum Gasteiger partial charge on any atom is -0.497 e. The fourth-order valence-corrected chi connectivity index (χ4v) is 3.57. The first-order chi connectivity index (χ1) is 13.2. The highest BCUT2D eigenvalue weighted by molar-refractivity contribution is 6.13. The van der Waals surface area contributed by atoms with E-state index in [0.717, 1.165) is 28.3 Å². The molecule has 0 saturated carbocycles. The number of rotatable bonds is 5. The number of nitrogens with zero attached hydrogens (tertiary/aromatic N) is 1. The molecular formula is C21H21NO5. The molecule has 2 aromatic rings. The van der Waals surface area contributed by atoms with Crippen molar-refractivity contribution in [2.45, 2.75) is 12.8 Å². The molecule has 0 spiro atoms. The first kappa shape index (κ1) is 17.4. The number of hydrogen-bond acceptors (Lipinski definition) is 6. The number of carbonyl (C=O) groups is 1. The summed E-state index contributed by atoms with van der Waals surface area (Å²) in [5, 5.41) is 0. The number of benzene rings is 2. The molecule has 0 saturated heterocycles. The van der Waals surface area contributed by atoms with Gasteiger partial charge in [-0.2, -0.15) is 0 Å². The molecule has 0 fully saturated rings. The zero-order valence-corrected chi connectivity index (χ0v) is 15.3. The maximum absolute atomic E-state index is 12.8. The number of aliphatic imine (C=N–C) groups is 1. The van der Waals surface area contributed by atoms with Crippen LogP contribution in [0, 0.1) is 5.92 Å². The molecule has 0 bridgehead atoms. The SMILES string of the molecule is CCOC(=O)C1C(c2ccc(OC)cc2)=NCC1c1ccc2c(c1)OCO2. The molecule has 140 valence electrons. The molecule has 0 N–H and O–H groups in total. The van der Waals surface area contributed by atoms with Gasteiger partial charge in [0, 0.05) is 12.5 Å². The average Bonchev–Trinajstić information content (AvgIpc) is 3.34. The normalized spacial score (nSPS) is 20.3. The van der Waals surface area contributed by atoms with Gasteiger partial charge in [-0.15, -0.1) is 0 Å². The van der Waals surface area contributed by atoms with Crippen molar-refractivity contribution in [1.29, 1.82) is 0 Å². The van der Waals surface area contributed by atoms with Crippen molar-refractivity contribution in [1.82, 2.24) is 0 Å². The van der Waals surface area contributed by atoms with Gasteiger partial charge < -0.3 is 18.9 Å². The van der Waals surface area contributed by atoms with Gasteiger partial charge in [0.15, 0.2) is 11.5 Å². The van der Waals surface area contributed by atoms with Crippen molar-refractivity contribution in [3.05, 3.63) is 53.6 Å². The Labute approximate surface area is 157 Å². The highest BCUT2D eigenvalue weighted by Crippen LogP contribution is 2.40. The highest BCUT2D eigenvalue weighted by atomic mass is 16.7. The number of fused-ring (bicyclic) bond motifs is 1. The number of hydrogen-bond donors (Lipinski definition) is 0. The lowest BCUT2D eigenvalue weighted by atomic mass is 9.83. The molecule has 6 nitrogen and oxygen atoms in total. The fraction of sp³-hybridized carbons (Fsp3) is 0.333. The first-order valence-electron chi connectivity index (χ1n) is 8.96. The van der Waals surface area contributed by atoms with Crippen LogP contribution in [0.1, 0.15) is 24.0 Å². The van der Waals surface area contributed by atoms with E-state index in [4.69, 9.17) is 23.9 Å². The second-order valence-electron chi connectivity index (χ2n) is 6.40. The number of ether oxygens (including phenoxy) is 4. The van der Waals surface area contributed by atoms with Gasteiger partial charge in [0.1, 0.15) is 11.7 Å². The van der Waals surface area contributed by atoms with Crippen LogP contribution in [0.2, 0.25) is 0 Å². The summed E-state index contributed by atoms with van der Waals surface area (Å²) in [4.78, 5) is 17.5. The van der Waals surface area contributed by atoms with Gasteiger partial charge in [-0.1, -0.05) is 6.07 Å². The van der Waals surface area contributed by atoms with Crippen molar-refractivity contribution in [3.63, 3.8) is 0 Å². The van der Waals surface area contributed by atoms with Crippen LogP contribution in [0.5, 0.6) is 17.2 Å². The van der Waals surface area contributed by atoms with Crippen LogP contribution < -0.4 is 14.2 Å². The van der Waals surface area contributed by atoms with E-state index < -0.39 is 5.92 Å². The first-order valence-corrected chi connectivity index (χ1v) is 8.96. The van der Waals surface area contributed by atoms with E-state index in [-0.39, 0.29) is 18.7 Å². The lowest BCUT2D eigenvalue weighted by molar-refractivity contribution is -0.145. The molecule has 2 unspecified atom stereocenters. The topological polar surface area (TPSA) is 66.4 Å². The second-order valence-corrected chi connectivity index (χ2v) is 6.40. The number of carbonyl (C=O) groups excluding carboxylic acids is 1. The Morgan fingerprint density at radius 2 is 1.93 bits per heavy atom. The van der Waals surface area contributed by atoms with E-state index in [1.54, 1.807) is 7.11 Å². The second kappa shape index (κ2) is 7.31. The zero-order valence-electron chi connectivity index (χ0n) is 15.3. The Morgan fingerprint density at radius 3 is 2.67 bits per heavy atom. The van der Waals surface area contributed by atoms with Crippen molar-refractivity contribution >= 4 is 11.7 Å². The largest absolute Gasteiger partial charge is 0.497 e. The monoisotopic (exact) mass is 367 g/mol. The molecule has 2 atom stereocenters. The van der Waals surface area contributed by atoms with Crippen LogP contribution in [0.25, 0.3) is 0 Å². The molecule has 0 aromatic heterocycles.